The zero-order valence-electron chi connectivity index (χ0n) is 7.12. The molecule has 0 fully saturated rings. The summed E-state index contributed by atoms with van der Waals surface area (Å²) in [5, 5.41) is 16.6. The van der Waals surface area contributed by atoms with Crippen molar-refractivity contribution in [3.05, 3.63) is 29.6 Å². The van der Waals surface area contributed by atoms with E-state index in [0.29, 0.717) is 12.1 Å². The number of rotatable bonds is 2. The highest BCUT2D eigenvalue weighted by Crippen LogP contribution is 2.37. The van der Waals surface area contributed by atoms with E-state index >= 15 is 0 Å². The van der Waals surface area contributed by atoms with Crippen LogP contribution in [0.2, 0.25) is 0 Å². The molecule has 1 rings (SSSR count). The van der Waals surface area contributed by atoms with Gasteiger partial charge in [-0.2, -0.15) is 13.2 Å². The standard InChI is InChI=1S/C7H5BF4O3/c9-5-3-1-2-4(7(10,11)12)6(5)15-8(13)14/h1-3,13-14H. The lowest BCUT2D eigenvalue weighted by molar-refractivity contribution is -0.138. The smallest absolute Gasteiger partial charge is 0.509 e. The molecule has 1 aromatic carbocycles. The van der Waals surface area contributed by atoms with E-state index in [1.165, 1.54) is 0 Å². The zero-order chi connectivity index (χ0) is 11.6. The van der Waals surface area contributed by atoms with Crippen LogP contribution in [-0.4, -0.2) is 17.4 Å². The Morgan fingerprint density at radius 3 is 2.27 bits per heavy atom. The van der Waals surface area contributed by atoms with Crippen molar-refractivity contribution in [3.8, 4) is 5.75 Å². The fraction of sp³-hybridized carbons (Fsp3) is 0.143. The second-order valence-corrected chi connectivity index (χ2v) is 2.56. The van der Waals surface area contributed by atoms with E-state index in [2.05, 4.69) is 4.65 Å². The minimum absolute atomic E-state index is 0.570. The van der Waals surface area contributed by atoms with Gasteiger partial charge in [-0.3, -0.25) is 0 Å². The second-order valence-electron chi connectivity index (χ2n) is 2.56. The van der Waals surface area contributed by atoms with Crippen molar-refractivity contribution >= 4 is 7.32 Å². The van der Waals surface area contributed by atoms with Crippen molar-refractivity contribution in [1.29, 1.82) is 0 Å². The Kier molecular flexibility index (Phi) is 3.20. The molecule has 8 heteroatoms. The van der Waals surface area contributed by atoms with Gasteiger partial charge in [0, 0.05) is 0 Å². The van der Waals surface area contributed by atoms with Gasteiger partial charge in [0.15, 0.2) is 11.6 Å². The summed E-state index contributed by atoms with van der Waals surface area (Å²) >= 11 is 0. The molecule has 0 bridgehead atoms. The molecular formula is C7H5BF4O3. The van der Waals surface area contributed by atoms with Gasteiger partial charge in [0.2, 0.25) is 0 Å². The lowest BCUT2D eigenvalue weighted by atomic mass is 10.1. The van der Waals surface area contributed by atoms with Crippen LogP contribution >= 0.6 is 0 Å². The van der Waals surface area contributed by atoms with E-state index in [4.69, 9.17) is 10.0 Å². The number of alkyl halides is 3. The molecule has 0 unspecified atom stereocenters. The highest BCUT2D eigenvalue weighted by Gasteiger charge is 2.36. The van der Waals surface area contributed by atoms with E-state index in [9.17, 15) is 17.6 Å². The molecule has 3 nitrogen and oxygen atoms in total. The van der Waals surface area contributed by atoms with E-state index < -0.39 is 30.6 Å². The number of para-hydroxylation sites is 1. The Morgan fingerprint density at radius 1 is 1.20 bits per heavy atom. The van der Waals surface area contributed by atoms with Gasteiger partial charge >= 0.3 is 13.5 Å². The third-order valence-electron chi connectivity index (χ3n) is 1.50. The summed E-state index contributed by atoms with van der Waals surface area (Å²) in [4.78, 5) is 0. The molecule has 0 aliphatic heterocycles. The van der Waals surface area contributed by atoms with Gasteiger partial charge in [0.25, 0.3) is 0 Å². The Morgan fingerprint density at radius 2 is 1.80 bits per heavy atom. The molecule has 0 aliphatic rings. The molecule has 0 amide bonds. The van der Waals surface area contributed by atoms with Gasteiger partial charge < -0.3 is 14.7 Å². The lowest BCUT2D eigenvalue weighted by Crippen LogP contribution is -2.23. The molecule has 0 atom stereocenters. The van der Waals surface area contributed by atoms with Crippen LogP contribution in [0.4, 0.5) is 17.6 Å². The van der Waals surface area contributed by atoms with Crippen LogP contribution in [-0.2, 0) is 6.18 Å². The van der Waals surface area contributed by atoms with Gasteiger partial charge in [-0.1, -0.05) is 6.07 Å². The van der Waals surface area contributed by atoms with E-state index in [1.807, 2.05) is 0 Å². The molecule has 0 spiro atoms. The predicted octanol–water partition coefficient (Wildman–Crippen LogP) is 1.19. The van der Waals surface area contributed by atoms with Crippen molar-refractivity contribution in [1.82, 2.24) is 0 Å². The average molecular weight is 224 g/mol. The van der Waals surface area contributed by atoms with Crippen LogP contribution in [0.15, 0.2) is 18.2 Å². The van der Waals surface area contributed by atoms with Crippen molar-refractivity contribution < 1.29 is 32.3 Å². The second kappa shape index (κ2) is 4.07. The molecule has 0 saturated heterocycles. The molecule has 15 heavy (non-hydrogen) atoms. The molecule has 1 aromatic rings. The molecule has 0 aliphatic carbocycles. The topological polar surface area (TPSA) is 49.7 Å². The molecule has 0 heterocycles. The fourth-order valence-corrected chi connectivity index (χ4v) is 0.957. The third kappa shape index (κ3) is 2.83. The first kappa shape index (κ1) is 11.8. The quantitative estimate of drug-likeness (QED) is 0.585. The van der Waals surface area contributed by atoms with Gasteiger partial charge in [-0.05, 0) is 12.1 Å². The first-order valence-corrected chi connectivity index (χ1v) is 3.71. The normalized spacial score (nSPS) is 11.3. The van der Waals surface area contributed by atoms with E-state index in [-0.39, 0.29) is 0 Å². The predicted molar refractivity (Wildman–Crippen MR) is 42.2 cm³/mol. The summed E-state index contributed by atoms with van der Waals surface area (Å²) < 4.78 is 53.6. The Balaban J connectivity index is 3.21. The van der Waals surface area contributed by atoms with Crippen molar-refractivity contribution in [2.24, 2.45) is 0 Å². The van der Waals surface area contributed by atoms with Crippen molar-refractivity contribution in [2.45, 2.75) is 6.18 Å². The summed E-state index contributed by atoms with van der Waals surface area (Å²) in [5.41, 5.74) is -1.41. The summed E-state index contributed by atoms with van der Waals surface area (Å²) in [6, 6.07) is 2.13. The summed E-state index contributed by atoms with van der Waals surface area (Å²) in [7, 11) is -2.51. The Bertz CT molecular complexity index is 353. The minimum atomic E-state index is -4.83. The zero-order valence-corrected chi connectivity index (χ0v) is 7.12. The monoisotopic (exact) mass is 224 g/mol. The maximum Gasteiger partial charge on any atom is 0.707 e. The van der Waals surface area contributed by atoms with Crippen LogP contribution in [0, 0.1) is 5.82 Å². The van der Waals surface area contributed by atoms with E-state index in [1.54, 1.807) is 0 Å². The lowest BCUT2D eigenvalue weighted by Gasteiger charge is -2.13. The molecule has 0 saturated carbocycles. The van der Waals surface area contributed by atoms with Crippen molar-refractivity contribution in [3.63, 3.8) is 0 Å². The van der Waals surface area contributed by atoms with Gasteiger partial charge in [0.05, 0.1) is 5.56 Å². The Hall–Kier alpha value is -1.28. The minimum Gasteiger partial charge on any atom is -0.509 e. The highest BCUT2D eigenvalue weighted by molar-refractivity contribution is 6.33. The number of hydrogen-bond acceptors (Lipinski definition) is 3. The number of benzene rings is 1. The molecule has 82 valence electrons. The molecule has 2 N–H and O–H groups in total. The summed E-state index contributed by atoms with van der Waals surface area (Å²) in [6.45, 7) is 0. The van der Waals surface area contributed by atoms with Crippen LogP contribution in [0.5, 0.6) is 5.75 Å². The molecule has 0 radical (unpaired) electrons. The van der Waals surface area contributed by atoms with Crippen LogP contribution in [0.25, 0.3) is 0 Å². The Labute approximate surface area is 82.1 Å². The molecular weight excluding hydrogens is 219 g/mol. The average Bonchev–Trinajstić information content (AvgIpc) is 2.05. The summed E-state index contributed by atoms with van der Waals surface area (Å²) in [6.07, 6.45) is -4.83. The van der Waals surface area contributed by atoms with Gasteiger partial charge in [-0.15, -0.1) is 0 Å². The highest BCUT2D eigenvalue weighted by atomic mass is 19.4. The third-order valence-corrected chi connectivity index (χ3v) is 1.50. The van der Waals surface area contributed by atoms with Crippen LogP contribution < -0.4 is 4.65 Å². The maximum atomic E-state index is 12.9. The van der Waals surface area contributed by atoms with Crippen LogP contribution in [0.3, 0.4) is 0 Å². The maximum absolute atomic E-state index is 12.9. The first-order chi connectivity index (χ1) is 6.82. The number of hydrogen-bond donors (Lipinski definition) is 2. The fourth-order valence-electron chi connectivity index (χ4n) is 0.957. The number of halogens is 4. The van der Waals surface area contributed by atoms with Gasteiger partial charge in [-0.25, -0.2) is 4.39 Å². The van der Waals surface area contributed by atoms with E-state index in [0.717, 1.165) is 6.07 Å². The molecule has 0 aromatic heterocycles. The largest absolute Gasteiger partial charge is 0.707 e. The first-order valence-electron chi connectivity index (χ1n) is 3.71. The van der Waals surface area contributed by atoms with Crippen molar-refractivity contribution in [2.75, 3.05) is 0 Å². The van der Waals surface area contributed by atoms with Crippen LogP contribution in [0.1, 0.15) is 5.56 Å². The van der Waals surface area contributed by atoms with Gasteiger partial charge in [0.1, 0.15) is 0 Å². The SMILES string of the molecule is OB(O)Oc1c(F)cccc1C(F)(F)F. The summed E-state index contributed by atoms with van der Waals surface area (Å²) in [5.74, 6) is -2.56.